The van der Waals surface area contributed by atoms with Crippen LogP contribution >= 0.6 is 0 Å². The van der Waals surface area contributed by atoms with Crippen molar-refractivity contribution in [3.8, 4) is 0 Å². The van der Waals surface area contributed by atoms with Gasteiger partial charge in [-0.1, -0.05) is 6.58 Å². The van der Waals surface area contributed by atoms with Crippen molar-refractivity contribution in [3.05, 3.63) is 12.2 Å². The molecule has 2 unspecified atom stereocenters. The number of hydrogen-bond acceptors (Lipinski definition) is 3. The zero-order chi connectivity index (χ0) is 10.6. The first-order valence-corrected chi connectivity index (χ1v) is 5.09. The summed E-state index contributed by atoms with van der Waals surface area (Å²) in [7, 11) is 0. The summed E-state index contributed by atoms with van der Waals surface area (Å²) in [5.74, 6) is -0.291. The van der Waals surface area contributed by atoms with Crippen molar-refractivity contribution in [2.75, 3.05) is 6.61 Å². The monoisotopic (exact) mass is 198 g/mol. The zero-order valence-electron chi connectivity index (χ0n) is 8.91. The lowest BCUT2D eigenvalue weighted by molar-refractivity contribution is -0.139. The van der Waals surface area contributed by atoms with Gasteiger partial charge in [0.25, 0.3) is 0 Å². The van der Waals surface area contributed by atoms with Gasteiger partial charge in [-0.05, 0) is 33.1 Å². The Balaban J connectivity index is 1.89. The first kappa shape index (κ1) is 11.2. The van der Waals surface area contributed by atoms with Crippen molar-refractivity contribution in [1.82, 2.24) is 0 Å². The van der Waals surface area contributed by atoms with E-state index >= 15 is 0 Å². The van der Waals surface area contributed by atoms with Crippen LogP contribution in [0.5, 0.6) is 0 Å². The topological polar surface area (TPSA) is 38.8 Å². The fourth-order valence-corrected chi connectivity index (χ4v) is 1.27. The van der Waals surface area contributed by atoms with Crippen LogP contribution in [0, 0.1) is 0 Å². The van der Waals surface area contributed by atoms with Gasteiger partial charge in [-0.3, -0.25) is 0 Å². The van der Waals surface area contributed by atoms with E-state index in [2.05, 4.69) is 13.5 Å². The Morgan fingerprint density at radius 2 is 2.14 bits per heavy atom. The van der Waals surface area contributed by atoms with Gasteiger partial charge < -0.3 is 9.47 Å². The number of hydrogen-bond donors (Lipinski definition) is 0. The van der Waals surface area contributed by atoms with Gasteiger partial charge in [-0.15, -0.1) is 0 Å². The number of rotatable bonds is 6. The average Bonchev–Trinajstić information content (AvgIpc) is 2.81. The van der Waals surface area contributed by atoms with Gasteiger partial charge in [0.05, 0.1) is 18.8 Å². The maximum Gasteiger partial charge on any atom is 0.333 e. The van der Waals surface area contributed by atoms with Gasteiger partial charge in [-0.2, -0.15) is 0 Å². The molecule has 80 valence electrons. The van der Waals surface area contributed by atoms with Crippen molar-refractivity contribution in [3.63, 3.8) is 0 Å². The van der Waals surface area contributed by atoms with Crippen molar-refractivity contribution in [1.29, 1.82) is 0 Å². The molecule has 1 saturated heterocycles. The summed E-state index contributed by atoms with van der Waals surface area (Å²) in [5.41, 5.74) is 0.462. The molecule has 1 fully saturated rings. The molecule has 3 nitrogen and oxygen atoms in total. The molecule has 0 aromatic carbocycles. The highest BCUT2D eigenvalue weighted by atomic mass is 16.6. The summed E-state index contributed by atoms with van der Waals surface area (Å²) in [6, 6.07) is 0. The summed E-state index contributed by atoms with van der Waals surface area (Å²) in [4.78, 5) is 11.0. The number of ether oxygens (including phenoxy) is 2. The van der Waals surface area contributed by atoms with Crippen LogP contribution in [0.1, 0.15) is 33.1 Å². The highest BCUT2D eigenvalue weighted by molar-refractivity contribution is 5.86. The van der Waals surface area contributed by atoms with Gasteiger partial charge in [-0.25, -0.2) is 4.79 Å². The largest absolute Gasteiger partial charge is 0.462 e. The first-order chi connectivity index (χ1) is 6.61. The normalized spacial score (nSPS) is 24.4. The Hall–Kier alpha value is -0.830. The van der Waals surface area contributed by atoms with E-state index in [9.17, 15) is 4.79 Å². The van der Waals surface area contributed by atoms with Crippen molar-refractivity contribution < 1.29 is 14.3 Å². The van der Waals surface area contributed by atoms with E-state index in [0.717, 1.165) is 19.3 Å². The van der Waals surface area contributed by atoms with Gasteiger partial charge in [0.15, 0.2) is 0 Å². The van der Waals surface area contributed by atoms with Gasteiger partial charge in [0.2, 0.25) is 0 Å². The number of epoxide rings is 1. The fourth-order valence-electron chi connectivity index (χ4n) is 1.27. The maximum atomic E-state index is 11.0. The summed E-state index contributed by atoms with van der Waals surface area (Å²) in [6.07, 6.45) is 3.93. The van der Waals surface area contributed by atoms with Crippen LogP contribution in [-0.2, 0) is 14.3 Å². The molecule has 0 radical (unpaired) electrons. The standard InChI is InChI=1S/C11H18O3/c1-8(2)11(12)13-7-5-4-6-10-9(3)14-10/h9-10H,1,4-7H2,2-3H3. The Morgan fingerprint density at radius 3 is 2.64 bits per heavy atom. The minimum Gasteiger partial charge on any atom is -0.462 e. The molecule has 0 aromatic heterocycles. The molecule has 0 saturated carbocycles. The first-order valence-electron chi connectivity index (χ1n) is 5.09. The second kappa shape index (κ2) is 5.15. The third-order valence-electron chi connectivity index (χ3n) is 2.30. The summed E-state index contributed by atoms with van der Waals surface area (Å²) in [5, 5.41) is 0. The lowest BCUT2D eigenvalue weighted by atomic mass is 10.2. The third-order valence-corrected chi connectivity index (χ3v) is 2.30. The van der Waals surface area contributed by atoms with Crippen LogP contribution in [0.2, 0.25) is 0 Å². The minimum atomic E-state index is -0.291. The van der Waals surface area contributed by atoms with E-state index in [1.807, 2.05) is 0 Å². The van der Waals surface area contributed by atoms with E-state index in [4.69, 9.17) is 9.47 Å². The maximum absolute atomic E-state index is 11.0. The lowest BCUT2D eigenvalue weighted by Gasteiger charge is -2.02. The van der Waals surface area contributed by atoms with Crippen LogP contribution in [0.25, 0.3) is 0 Å². The van der Waals surface area contributed by atoms with Crippen LogP contribution < -0.4 is 0 Å². The van der Waals surface area contributed by atoms with Crippen molar-refractivity contribution >= 4 is 5.97 Å². The van der Waals surface area contributed by atoms with Crippen LogP contribution in [0.3, 0.4) is 0 Å². The summed E-state index contributed by atoms with van der Waals surface area (Å²) < 4.78 is 10.2. The molecule has 0 aliphatic carbocycles. The SMILES string of the molecule is C=C(C)C(=O)OCCCCC1OC1C. The van der Waals surface area contributed by atoms with Gasteiger partial charge in [0, 0.05) is 5.57 Å². The second-order valence-electron chi connectivity index (χ2n) is 3.79. The lowest BCUT2D eigenvalue weighted by Crippen LogP contribution is -2.06. The highest BCUT2D eigenvalue weighted by Crippen LogP contribution is 2.25. The molecule has 1 heterocycles. The van der Waals surface area contributed by atoms with Gasteiger partial charge >= 0.3 is 5.97 Å². The summed E-state index contributed by atoms with van der Waals surface area (Å²) in [6.45, 7) is 7.73. The number of unbranched alkanes of at least 4 members (excludes halogenated alkanes) is 1. The molecule has 0 N–H and O–H groups in total. The predicted octanol–water partition coefficient (Wildman–Crippen LogP) is 2.06. The molecule has 0 amide bonds. The Labute approximate surface area is 85.1 Å². The Kier molecular flexibility index (Phi) is 4.14. The van der Waals surface area contributed by atoms with Crippen LogP contribution in [0.4, 0.5) is 0 Å². The third kappa shape index (κ3) is 3.92. The summed E-state index contributed by atoms with van der Waals surface area (Å²) >= 11 is 0. The van der Waals surface area contributed by atoms with E-state index < -0.39 is 0 Å². The van der Waals surface area contributed by atoms with Crippen LogP contribution in [-0.4, -0.2) is 24.8 Å². The van der Waals surface area contributed by atoms with Crippen LogP contribution in [0.15, 0.2) is 12.2 Å². The van der Waals surface area contributed by atoms with Crippen molar-refractivity contribution in [2.45, 2.75) is 45.3 Å². The van der Waals surface area contributed by atoms with E-state index in [1.54, 1.807) is 6.92 Å². The molecule has 14 heavy (non-hydrogen) atoms. The molecular weight excluding hydrogens is 180 g/mol. The van der Waals surface area contributed by atoms with E-state index in [1.165, 1.54) is 0 Å². The molecule has 3 heteroatoms. The number of carbonyl (C=O) groups is 1. The Morgan fingerprint density at radius 1 is 1.50 bits per heavy atom. The molecule has 1 aliphatic heterocycles. The molecule has 0 spiro atoms. The number of esters is 1. The smallest absolute Gasteiger partial charge is 0.333 e. The molecule has 2 atom stereocenters. The molecule has 0 aromatic rings. The molecular formula is C11H18O3. The average molecular weight is 198 g/mol. The highest BCUT2D eigenvalue weighted by Gasteiger charge is 2.32. The fraction of sp³-hybridized carbons (Fsp3) is 0.727. The van der Waals surface area contributed by atoms with E-state index in [-0.39, 0.29) is 5.97 Å². The van der Waals surface area contributed by atoms with E-state index in [0.29, 0.717) is 24.4 Å². The quantitative estimate of drug-likeness (QED) is 0.284. The molecule has 0 bridgehead atoms. The molecule has 1 rings (SSSR count). The minimum absolute atomic E-state index is 0.291. The molecule has 1 aliphatic rings. The predicted molar refractivity (Wildman–Crippen MR) is 54.0 cm³/mol. The second-order valence-corrected chi connectivity index (χ2v) is 3.79. The Bertz CT molecular complexity index is 223. The van der Waals surface area contributed by atoms with Crippen molar-refractivity contribution in [2.24, 2.45) is 0 Å². The number of carbonyl (C=O) groups excluding carboxylic acids is 1. The zero-order valence-corrected chi connectivity index (χ0v) is 8.91. The van der Waals surface area contributed by atoms with Gasteiger partial charge in [0.1, 0.15) is 0 Å².